The van der Waals surface area contributed by atoms with Crippen LogP contribution in [0.3, 0.4) is 0 Å². The predicted molar refractivity (Wildman–Crippen MR) is 126 cm³/mol. The first-order valence-corrected chi connectivity index (χ1v) is 12.1. The molecule has 2 aliphatic carbocycles. The number of rotatable bonds is 8. The van der Waals surface area contributed by atoms with Crippen LogP contribution in [0.1, 0.15) is 23.8 Å². The van der Waals surface area contributed by atoms with Crippen LogP contribution in [0.4, 0.5) is 0 Å². The molecule has 4 unspecified atom stereocenters. The Hall–Kier alpha value is -2.91. The molecule has 2 bridgehead atoms. The lowest BCUT2D eigenvalue weighted by Gasteiger charge is -2.27. The number of morpholine rings is 1. The SMILES string of the molecule is CCOC(=O)C1C2C=CC(C2)C1NC(=O)c1nn(CCN2CCOCC2)c2c(OC)cccc12. The molecule has 1 aromatic heterocycles. The Bertz CT molecular complexity index is 1090. The second-order valence-corrected chi connectivity index (χ2v) is 9.11. The lowest BCUT2D eigenvalue weighted by atomic mass is 9.88. The summed E-state index contributed by atoms with van der Waals surface area (Å²) in [6.07, 6.45) is 5.04. The summed E-state index contributed by atoms with van der Waals surface area (Å²) in [7, 11) is 1.62. The van der Waals surface area contributed by atoms with Gasteiger partial charge in [0.2, 0.25) is 0 Å². The van der Waals surface area contributed by atoms with Gasteiger partial charge in [0.15, 0.2) is 5.69 Å². The maximum atomic E-state index is 13.5. The predicted octanol–water partition coefficient (Wildman–Crippen LogP) is 1.86. The van der Waals surface area contributed by atoms with Crippen molar-refractivity contribution in [3.63, 3.8) is 0 Å². The van der Waals surface area contributed by atoms with Crippen molar-refractivity contribution >= 4 is 22.8 Å². The lowest BCUT2D eigenvalue weighted by molar-refractivity contribution is -0.149. The van der Waals surface area contributed by atoms with Crippen LogP contribution in [0.25, 0.3) is 10.9 Å². The molecule has 3 aliphatic rings. The number of aromatic nitrogens is 2. The highest BCUT2D eigenvalue weighted by Crippen LogP contribution is 2.44. The van der Waals surface area contributed by atoms with Crippen LogP contribution < -0.4 is 10.1 Å². The minimum atomic E-state index is -0.358. The molecule has 2 fully saturated rings. The summed E-state index contributed by atoms with van der Waals surface area (Å²) in [5.74, 6) is 0.0436. The number of amides is 1. The van der Waals surface area contributed by atoms with E-state index in [4.69, 9.17) is 19.3 Å². The number of nitrogens with zero attached hydrogens (tertiary/aromatic N) is 3. The van der Waals surface area contributed by atoms with Gasteiger partial charge in [-0.3, -0.25) is 19.2 Å². The molecule has 34 heavy (non-hydrogen) atoms. The standard InChI is InChI=1S/C25H32N4O5/c1-3-34-25(31)20-16-7-8-17(15-16)21(20)26-24(30)22-18-5-4-6-19(32-2)23(18)29(27-22)10-9-28-11-13-33-14-12-28/h4-8,16-17,20-21H,3,9-15H2,1-2H3,(H,26,30). The fraction of sp³-hybridized carbons (Fsp3) is 0.560. The van der Waals surface area contributed by atoms with E-state index in [1.807, 2.05) is 22.9 Å². The topological polar surface area (TPSA) is 94.9 Å². The van der Waals surface area contributed by atoms with Gasteiger partial charge < -0.3 is 19.5 Å². The lowest BCUT2D eigenvalue weighted by Crippen LogP contribution is -2.46. The summed E-state index contributed by atoms with van der Waals surface area (Å²) in [5.41, 5.74) is 1.16. The van der Waals surface area contributed by atoms with Crippen molar-refractivity contribution in [1.82, 2.24) is 20.0 Å². The van der Waals surface area contributed by atoms with E-state index in [9.17, 15) is 9.59 Å². The number of esters is 1. The summed E-state index contributed by atoms with van der Waals surface area (Å²) < 4.78 is 18.2. The van der Waals surface area contributed by atoms with Crippen LogP contribution in [0.5, 0.6) is 5.75 Å². The minimum absolute atomic E-state index is 0.109. The van der Waals surface area contributed by atoms with Gasteiger partial charge in [0, 0.05) is 31.1 Å². The molecule has 0 radical (unpaired) electrons. The second kappa shape index (κ2) is 9.76. The number of carbonyl (C=O) groups is 2. The number of fused-ring (bicyclic) bond motifs is 3. The van der Waals surface area contributed by atoms with Crippen LogP contribution in [0, 0.1) is 17.8 Å². The maximum Gasteiger partial charge on any atom is 0.311 e. The molecule has 1 saturated carbocycles. The molecule has 9 nitrogen and oxygen atoms in total. The van der Waals surface area contributed by atoms with Gasteiger partial charge in [0.05, 0.1) is 39.4 Å². The molecular weight excluding hydrogens is 436 g/mol. The zero-order chi connectivity index (χ0) is 23.7. The van der Waals surface area contributed by atoms with Gasteiger partial charge in [-0.05, 0) is 31.2 Å². The van der Waals surface area contributed by atoms with E-state index < -0.39 is 0 Å². The Labute approximate surface area is 199 Å². The molecule has 182 valence electrons. The highest BCUT2D eigenvalue weighted by molar-refractivity contribution is 6.06. The van der Waals surface area contributed by atoms with E-state index >= 15 is 0 Å². The number of benzene rings is 1. The Morgan fingerprint density at radius 1 is 1.18 bits per heavy atom. The Kier molecular flexibility index (Phi) is 6.56. The first-order chi connectivity index (χ1) is 16.6. The van der Waals surface area contributed by atoms with E-state index in [1.165, 1.54) is 0 Å². The third kappa shape index (κ3) is 4.18. The van der Waals surface area contributed by atoms with Crippen molar-refractivity contribution in [2.24, 2.45) is 17.8 Å². The number of allylic oxidation sites excluding steroid dienone is 1. The van der Waals surface area contributed by atoms with Crippen molar-refractivity contribution in [3.05, 3.63) is 36.0 Å². The monoisotopic (exact) mass is 468 g/mol. The number of nitrogens with one attached hydrogen (secondary N) is 1. The first kappa shape index (κ1) is 22.9. The highest BCUT2D eigenvalue weighted by atomic mass is 16.5. The van der Waals surface area contributed by atoms with Gasteiger partial charge in [-0.2, -0.15) is 5.10 Å². The van der Waals surface area contributed by atoms with Crippen molar-refractivity contribution in [3.8, 4) is 5.75 Å². The Morgan fingerprint density at radius 3 is 2.74 bits per heavy atom. The van der Waals surface area contributed by atoms with E-state index in [0.717, 1.165) is 50.2 Å². The number of methoxy groups -OCH3 is 1. The fourth-order valence-corrected chi connectivity index (χ4v) is 5.56. The summed E-state index contributed by atoms with van der Waals surface area (Å²) >= 11 is 0. The number of ether oxygens (including phenoxy) is 3. The van der Waals surface area contributed by atoms with Crippen molar-refractivity contribution in [1.29, 1.82) is 0 Å². The number of hydrogen-bond donors (Lipinski definition) is 1. The second-order valence-electron chi connectivity index (χ2n) is 9.11. The zero-order valence-corrected chi connectivity index (χ0v) is 19.7. The molecule has 9 heteroatoms. The maximum absolute atomic E-state index is 13.5. The molecular formula is C25H32N4O5. The van der Waals surface area contributed by atoms with Crippen molar-refractivity contribution in [2.45, 2.75) is 25.9 Å². The van der Waals surface area contributed by atoms with Gasteiger partial charge in [-0.1, -0.05) is 24.3 Å². The molecule has 1 amide bonds. The summed E-state index contributed by atoms with van der Waals surface area (Å²) in [6, 6.07) is 5.36. The molecule has 0 spiro atoms. The molecule has 4 atom stereocenters. The first-order valence-electron chi connectivity index (χ1n) is 12.1. The molecule has 2 heterocycles. The van der Waals surface area contributed by atoms with Crippen molar-refractivity contribution in [2.75, 3.05) is 46.6 Å². The van der Waals surface area contributed by atoms with Crippen LogP contribution in [0.2, 0.25) is 0 Å². The smallest absolute Gasteiger partial charge is 0.311 e. The van der Waals surface area contributed by atoms with Gasteiger partial charge >= 0.3 is 5.97 Å². The Balaban J connectivity index is 1.41. The number of para-hydroxylation sites is 1. The molecule has 1 N–H and O–H groups in total. The summed E-state index contributed by atoms with van der Waals surface area (Å²) in [4.78, 5) is 28.5. The van der Waals surface area contributed by atoms with Gasteiger partial charge in [-0.25, -0.2) is 0 Å². The molecule has 2 aromatic rings. The highest BCUT2D eigenvalue weighted by Gasteiger charge is 2.49. The van der Waals surface area contributed by atoms with E-state index in [1.54, 1.807) is 14.0 Å². The molecule has 1 aromatic carbocycles. The largest absolute Gasteiger partial charge is 0.494 e. The van der Waals surface area contributed by atoms with Gasteiger partial charge in [-0.15, -0.1) is 0 Å². The number of carbonyl (C=O) groups excluding carboxylic acids is 2. The minimum Gasteiger partial charge on any atom is -0.494 e. The van der Waals surface area contributed by atoms with E-state index in [0.29, 0.717) is 24.6 Å². The van der Waals surface area contributed by atoms with E-state index in [2.05, 4.69) is 22.4 Å². The molecule has 1 aliphatic heterocycles. The average Bonchev–Trinajstić information content (AvgIpc) is 3.57. The van der Waals surface area contributed by atoms with Gasteiger partial charge in [0.1, 0.15) is 11.3 Å². The van der Waals surface area contributed by atoms with Gasteiger partial charge in [0.25, 0.3) is 5.91 Å². The van der Waals surface area contributed by atoms with Crippen molar-refractivity contribution < 1.29 is 23.8 Å². The third-order valence-corrected chi connectivity index (χ3v) is 7.22. The fourth-order valence-electron chi connectivity index (χ4n) is 5.56. The van der Waals surface area contributed by atoms with Crippen LogP contribution in [-0.2, 0) is 20.8 Å². The van der Waals surface area contributed by atoms with Crippen LogP contribution in [-0.4, -0.2) is 79.2 Å². The average molecular weight is 469 g/mol. The third-order valence-electron chi connectivity index (χ3n) is 7.22. The van der Waals surface area contributed by atoms with E-state index in [-0.39, 0.29) is 35.7 Å². The van der Waals surface area contributed by atoms with Crippen LogP contribution in [0.15, 0.2) is 30.4 Å². The number of hydrogen-bond acceptors (Lipinski definition) is 7. The quantitative estimate of drug-likeness (QED) is 0.467. The molecule has 5 rings (SSSR count). The molecule has 1 saturated heterocycles. The normalized spacial score (nSPS) is 26.2. The summed E-state index contributed by atoms with van der Waals surface area (Å²) in [6.45, 7) is 6.81. The summed E-state index contributed by atoms with van der Waals surface area (Å²) in [5, 5.41) is 8.60. The zero-order valence-electron chi connectivity index (χ0n) is 19.7. The Morgan fingerprint density at radius 2 is 1.97 bits per heavy atom. The van der Waals surface area contributed by atoms with Crippen LogP contribution >= 0.6 is 0 Å².